The lowest BCUT2D eigenvalue weighted by molar-refractivity contribution is 0.952. The molecule has 1 aromatic heterocycles. The van der Waals surface area contributed by atoms with Gasteiger partial charge in [-0.25, -0.2) is 4.98 Å². The smallest absolute Gasteiger partial charge is 0.224 e. The molecule has 20 heavy (non-hydrogen) atoms. The van der Waals surface area contributed by atoms with Crippen molar-refractivity contribution in [3.8, 4) is 0 Å². The Morgan fingerprint density at radius 3 is 2.75 bits per heavy atom. The summed E-state index contributed by atoms with van der Waals surface area (Å²) in [6.45, 7) is 7.15. The molecular weight excluding hydrogens is 316 g/mol. The van der Waals surface area contributed by atoms with Gasteiger partial charge in [-0.2, -0.15) is 4.98 Å². The second-order valence-electron chi connectivity index (χ2n) is 4.76. The van der Waals surface area contributed by atoms with Crippen molar-refractivity contribution in [3.63, 3.8) is 0 Å². The molecule has 0 aliphatic heterocycles. The third-order valence-electron chi connectivity index (χ3n) is 2.91. The maximum atomic E-state index is 4.49. The van der Waals surface area contributed by atoms with E-state index in [0.717, 1.165) is 28.9 Å². The Morgan fingerprint density at radius 2 is 2.05 bits per heavy atom. The Bertz CT molecular complexity index is 598. The SMILES string of the molecule is CCCNc1ncc(Br)c(Nc2ccc(C)cc2C)n1. The number of aryl methyl sites for hydroxylation is 2. The third-order valence-corrected chi connectivity index (χ3v) is 3.49. The zero-order valence-corrected chi connectivity index (χ0v) is 13.6. The van der Waals surface area contributed by atoms with Crippen molar-refractivity contribution in [1.29, 1.82) is 0 Å². The van der Waals surface area contributed by atoms with Crippen LogP contribution in [0.2, 0.25) is 0 Å². The standard InChI is InChI=1S/C15H19BrN4/c1-4-7-17-15-18-9-12(16)14(20-15)19-13-6-5-10(2)8-11(13)3/h5-6,8-9H,4,7H2,1-3H3,(H2,17,18,19,20). The van der Waals surface area contributed by atoms with E-state index in [-0.39, 0.29) is 0 Å². The Balaban J connectivity index is 2.23. The summed E-state index contributed by atoms with van der Waals surface area (Å²) in [6, 6.07) is 6.30. The maximum absolute atomic E-state index is 4.49. The minimum Gasteiger partial charge on any atom is -0.354 e. The average Bonchev–Trinajstić information content (AvgIpc) is 2.42. The molecular formula is C15H19BrN4. The second-order valence-corrected chi connectivity index (χ2v) is 5.61. The van der Waals surface area contributed by atoms with Crippen LogP contribution in [-0.2, 0) is 0 Å². The normalized spacial score (nSPS) is 10.4. The zero-order valence-electron chi connectivity index (χ0n) is 12.0. The first-order valence-corrected chi connectivity index (χ1v) is 7.50. The minimum absolute atomic E-state index is 0.641. The summed E-state index contributed by atoms with van der Waals surface area (Å²) in [5.41, 5.74) is 3.50. The Labute approximate surface area is 128 Å². The van der Waals surface area contributed by atoms with Crippen molar-refractivity contribution in [2.75, 3.05) is 17.2 Å². The number of aromatic nitrogens is 2. The lowest BCUT2D eigenvalue weighted by atomic mass is 10.1. The van der Waals surface area contributed by atoms with Gasteiger partial charge in [-0.05, 0) is 47.8 Å². The highest BCUT2D eigenvalue weighted by molar-refractivity contribution is 9.10. The van der Waals surface area contributed by atoms with Crippen LogP contribution in [0.5, 0.6) is 0 Å². The first kappa shape index (κ1) is 14.8. The summed E-state index contributed by atoms with van der Waals surface area (Å²) in [4.78, 5) is 8.73. The van der Waals surface area contributed by atoms with E-state index in [9.17, 15) is 0 Å². The molecule has 2 N–H and O–H groups in total. The topological polar surface area (TPSA) is 49.8 Å². The van der Waals surface area contributed by atoms with E-state index >= 15 is 0 Å². The van der Waals surface area contributed by atoms with Crippen molar-refractivity contribution in [3.05, 3.63) is 40.0 Å². The van der Waals surface area contributed by atoms with Gasteiger partial charge in [0.1, 0.15) is 5.82 Å². The van der Waals surface area contributed by atoms with E-state index in [1.807, 2.05) is 0 Å². The molecule has 1 aromatic carbocycles. The van der Waals surface area contributed by atoms with Gasteiger partial charge in [0, 0.05) is 18.4 Å². The summed E-state index contributed by atoms with van der Waals surface area (Å²) in [6.07, 6.45) is 2.80. The van der Waals surface area contributed by atoms with E-state index in [1.165, 1.54) is 11.1 Å². The monoisotopic (exact) mass is 334 g/mol. The van der Waals surface area contributed by atoms with Gasteiger partial charge in [0.25, 0.3) is 0 Å². The average molecular weight is 335 g/mol. The van der Waals surface area contributed by atoms with Crippen LogP contribution in [0.15, 0.2) is 28.9 Å². The molecule has 0 saturated carbocycles. The molecule has 5 heteroatoms. The van der Waals surface area contributed by atoms with Gasteiger partial charge >= 0.3 is 0 Å². The minimum atomic E-state index is 0.641. The fourth-order valence-electron chi connectivity index (χ4n) is 1.86. The molecule has 0 bridgehead atoms. The molecule has 0 saturated heterocycles. The number of halogens is 1. The van der Waals surface area contributed by atoms with Crippen LogP contribution in [0.25, 0.3) is 0 Å². The third kappa shape index (κ3) is 3.70. The molecule has 0 spiro atoms. The van der Waals surface area contributed by atoms with Crippen LogP contribution in [0.3, 0.4) is 0 Å². The Kier molecular flexibility index (Phi) is 4.95. The molecule has 106 valence electrons. The molecule has 0 amide bonds. The number of nitrogens with zero attached hydrogens (tertiary/aromatic N) is 2. The lowest BCUT2D eigenvalue weighted by Crippen LogP contribution is -2.06. The molecule has 2 aromatic rings. The van der Waals surface area contributed by atoms with Gasteiger partial charge in [-0.3, -0.25) is 0 Å². The highest BCUT2D eigenvalue weighted by Crippen LogP contribution is 2.26. The van der Waals surface area contributed by atoms with Crippen LogP contribution in [-0.4, -0.2) is 16.5 Å². The van der Waals surface area contributed by atoms with Gasteiger partial charge in [-0.15, -0.1) is 0 Å². The van der Waals surface area contributed by atoms with Crippen LogP contribution >= 0.6 is 15.9 Å². The van der Waals surface area contributed by atoms with Crippen molar-refractivity contribution in [2.45, 2.75) is 27.2 Å². The summed E-state index contributed by atoms with van der Waals surface area (Å²) in [5, 5.41) is 6.53. The van der Waals surface area contributed by atoms with E-state index < -0.39 is 0 Å². The number of hydrogen-bond donors (Lipinski definition) is 2. The van der Waals surface area contributed by atoms with E-state index in [4.69, 9.17) is 0 Å². The van der Waals surface area contributed by atoms with Crippen molar-refractivity contribution >= 4 is 33.4 Å². The van der Waals surface area contributed by atoms with Gasteiger partial charge in [-0.1, -0.05) is 24.6 Å². The lowest BCUT2D eigenvalue weighted by Gasteiger charge is -2.12. The highest BCUT2D eigenvalue weighted by Gasteiger charge is 2.07. The van der Waals surface area contributed by atoms with E-state index in [1.54, 1.807) is 6.20 Å². The molecule has 1 heterocycles. The summed E-state index contributed by atoms with van der Waals surface area (Å²) in [7, 11) is 0. The summed E-state index contributed by atoms with van der Waals surface area (Å²) >= 11 is 3.48. The van der Waals surface area contributed by atoms with E-state index in [2.05, 4.69) is 75.5 Å². The number of rotatable bonds is 5. The zero-order chi connectivity index (χ0) is 14.5. The molecule has 0 radical (unpaired) electrons. The fourth-order valence-corrected chi connectivity index (χ4v) is 2.15. The number of benzene rings is 1. The quantitative estimate of drug-likeness (QED) is 0.849. The molecule has 0 atom stereocenters. The first-order chi connectivity index (χ1) is 9.60. The molecule has 0 aliphatic rings. The molecule has 0 unspecified atom stereocenters. The van der Waals surface area contributed by atoms with Crippen LogP contribution in [0, 0.1) is 13.8 Å². The molecule has 0 aliphatic carbocycles. The Morgan fingerprint density at radius 1 is 1.25 bits per heavy atom. The van der Waals surface area contributed by atoms with Crippen LogP contribution in [0.4, 0.5) is 17.5 Å². The van der Waals surface area contributed by atoms with Crippen molar-refractivity contribution in [1.82, 2.24) is 9.97 Å². The fraction of sp³-hybridized carbons (Fsp3) is 0.333. The van der Waals surface area contributed by atoms with E-state index in [0.29, 0.717) is 5.95 Å². The van der Waals surface area contributed by atoms with Crippen molar-refractivity contribution in [2.24, 2.45) is 0 Å². The molecule has 2 rings (SSSR count). The van der Waals surface area contributed by atoms with Crippen LogP contribution < -0.4 is 10.6 Å². The molecule has 4 nitrogen and oxygen atoms in total. The van der Waals surface area contributed by atoms with Crippen LogP contribution in [0.1, 0.15) is 24.5 Å². The Hall–Kier alpha value is -1.62. The largest absolute Gasteiger partial charge is 0.354 e. The van der Waals surface area contributed by atoms with Gasteiger partial charge in [0.05, 0.1) is 4.47 Å². The van der Waals surface area contributed by atoms with Gasteiger partial charge in [0.2, 0.25) is 5.95 Å². The van der Waals surface area contributed by atoms with Gasteiger partial charge in [0.15, 0.2) is 0 Å². The highest BCUT2D eigenvalue weighted by atomic mass is 79.9. The first-order valence-electron chi connectivity index (χ1n) is 6.71. The second kappa shape index (κ2) is 6.70. The summed E-state index contributed by atoms with van der Waals surface area (Å²) < 4.78 is 0.847. The number of hydrogen-bond acceptors (Lipinski definition) is 4. The predicted molar refractivity (Wildman–Crippen MR) is 87.7 cm³/mol. The number of nitrogens with one attached hydrogen (secondary N) is 2. The van der Waals surface area contributed by atoms with Gasteiger partial charge < -0.3 is 10.6 Å². The maximum Gasteiger partial charge on any atom is 0.224 e. The van der Waals surface area contributed by atoms with Crippen molar-refractivity contribution < 1.29 is 0 Å². The number of anilines is 3. The molecule has 0 fully saturated rings. The predicted octanol–water partition coefficient (Wildman–Crippen LogP) is 4.42. The summed E-state index contributed by atoms with van der Waals surface area (Å²) in [5.74, 6) is 1.41.